The molecule has 2 heterocycles. The van der Waals surface area contributed by atoms with Crippen molar-refractivity contribution >= 4 is 27.3 Å². The van der Waals surface area contributed by atoms with Gasteiger partial charge in [0.05, 0.1) is 11.5 Å². The van der Waals surface area contributed by atoms with Crippen molar-refractivity contribution in [3.05, 3.63) is 59.2 Å². The van der Waals surface area contributed by atoms with Crippen molar-refractivity contribution in [2.45, 2.75) is 54.4 Å². The Balaban J connectivity index is 1.66. The van der Waals surface area contributed by atoms with Gasteiger partial charge in [-0.05, 0) is 42.3 Å². The fourth-order valence-electron chi connectivity index (χ4n) is 4.51. The molecule has 8 nitrogen and oxygen atoms in total. The lowest BCUT2D eigenvalue weighted by Gasteiger charge is -2.41. The number of amides is 2. The number of alkyl halides is 6. The molecular formula is C24H22F6N2O6S. The molecule has 2 aromatic rings. The molecule has 2 atom stereocenters. The summed E-state index contributed by atoms with van der Waals surface area (Å²) in [6.45, 7) is 1.70. The second kappa shape index (κ2) is 9.20. The van der Waals surface area contributed by atoms with Crippen molar-refractivity contribution in [1.82, 2.24) is 4.90 Å². The topological polar surface area (TPSA) is 113 Å². The molecule has 1 fully saturated rings. The van der Waals surface area contributed by atoms with Crippen LogP contribution in [0.3, 0.4) is 0 Å². The number of nitrogens with zero attached hydrogens (tertiary/aromatic N) is 1. The van der Waals surface area contributed by atoms with Crippen LogP contribution in [0, 0.1) is 0 Å². The van der Waals surface area contributed by atoms with Crippen molar-refractivity contribution in [2.75, 3.05) is 18.2 Å². The number of hydrogen-bond donors (Lipinski definition) is 2. The monoisotopic (exact) mass is 580 g/mol. The maximum atomic E-state index is 13.3. The molecule has 2 aliphatic heterocycles. The van der Waals surface area contributed by atoms with Gasteiger partial charge in [-0.1, -0.05) is 18.2 Å². The lowest BCUT2D eigenvalue weighted by atomic mass is 9.92. The fraction of sp³-hybridized carbons (Fsp3) is 0.417. The second-order valence-electron chi connectivity index (χ2n) is 9.57. The number of benzene rings is 2. The molecular weight excluding hydrogens is 558 g/mol. The highest BCUT2D eigenvalue weighted by atomic mass is 32.2. The Morgan fingerprint density at radius 3 is 2.08 bits per heavy atom. The van der Waals surface area contributed by atoms with E-state index in [1.165, 1.54) is 30.0 Å². The molecule has 2 aromatic carbocycles. The number of rotatable bonds is 5. The zero-order valence-corrected chi connectivity index (χ0v) is 21.2. The van der Waals surface area contributed by atoms with Crippen LogP contribution in [0.5, 0.6) is 0 Å². The minimum absolute atomic E-state index is 0.0433. The van der Waals surface area contributed by atoms with Gasteiger partial charge >= 0.3 is 12.4 Å². The number of sulfone groups is 1. The molecule has 2 amide bonds. The highest BCUT2D eigenvalue weighted by Crippen LogP contribution is 2.50. The Labute approximate surface area is 218 Å². The van der Waals surface area contributed by atoms with E-state index in [1.807, 2.05) is 0 Å². The Kier molecular flexibility index (Phi) is 6.80. The van der Waals surface area contributed by atoms with Crippen molar-refractivity contribution in [1.29, 1.82) is 0 Å². The third-order valence-corrected chi connectivity index (χ3v) is 7.95. The van der Waals surface area contributed by atoms with E-state index in [9.17, 15) is 49.5 Å². The number of carbonyl (C=O) groups is 2. The molecule has 0 bridgehead atoms. The van der Waals surface area contributed by atoms with E-state index in [0.29, 0.717) is 30.7 Å². The molecule has 0 radical (unpaired) electrons. The number of anilines is 1. The zero-order chi connectivity index (χ0) is 29.2. The highest BCUT2D eigenvalue weighted by Gasteiger charge is 2.71. The summed E-state index contributed by atoms with van der Waals surface area (Å²) in [5, 5.41) is 11.9. The van der Waals surface area contributed by atoms with E-state index in [-0.39, 0.29) is 22.7 Å². The molecule has 0 unspecified atom stereocenters. The van der Waals surface area contributed by atoms with Crippen molar-refractivity contribution < 1.29 is 54.2 Å². The van der Waals surface area contributed by atoms with E-state index < -0.39 is 56.8 Å². The Hall–Kier alpha value is -3.17. The average molecular weight is 581 g/mol. The van der Waals surface area contributed by atoms with Crippen molar-refractivity contribution in [3.8, 4) is 0 Å². The van der Waals surface area contributed by atoms with Gasteiger partial charge in [-0.15, -0.1) is 0 Å². The molecule has 0 aromatic heterocycles. The predicted octanol–water partition coefficient (Wildman–Crippen LogP) is 3.60. The largest absolute Gasteiger partial charge is 0.430 e. The van der Waals surface area contributed by atoms with Crippen LogP contribution in [0.25, 0.3) is 0 Å². The summed E-state index contributed by atoms with van der Waals surface area (Å²) >= 11 is 0. The first kappa shape index (κ1) is 28.8. The smallest absolute Gasteiger partial charge is 0.369 e. The number of ether oxygens (including phenoxy) is 1. The third kappa shape index (κ3) is 4.87. The Bertz CT molecular complexity index is 1400. The summed E-state index contributed by atoms with van der Waals surface area (Å²) < 4.78 is 108. The Morgan fingerprint density at radius 2 is 1.62 bits per heavy atom. The fourth-order valence-corrected chi connectivity index (χ4v) is 5.18. The van der Waals surface area contributed by atoms with Gasteiger partial charge in [0.2, 0.25) is 0 Å². The summed E-state index contributed by atoms with van der Waals surface area (Å²) in [5.74, 6) is -1.41. The number of halogens is 6. The van der Waals surface area contributed by atoms with Crippen LogP contribution in [0.1, 0.15) is 36.1 Å². The highest BCUT2D eigenvalue weighted by molar-refractivity contribution is 7.90. The van der Waals surface area contributed by atoms with E-state index in [1.54, 1.807) is 0 Å². The number of aliphatic hydroxyl groups is 1. The quantitative estimate of drug-likeness (QED) is 0.523. The lowest BCUT2D eigenvalue weighted by molar-refractivity contribution is -0.376. The molecule has 4 rings (SSSR count). The minimum atomic E-state index is -6.07. The van der Waals surface area contributed by atoms with Gasteiger partial charge in [0.15, 0.2) is 9.84 Å². The van der Waals surface area contributed by atoms with Crippen molar-refractivity contribution in [2.24, 2.45) is 0 Å². The molecule has 15 heteroatoms. The predicted molar refractivity (Wildman–Crippen MR) is 123 cm³/mol. The first-order valence-corrected chi connectivity index (χ1v) is 13.2. The number of hydrogen-bond acceptors (Lipinski definition) is 6. The molecule has 2 aliphatic rings. The summed E-state index contributed by atoms with van der Waals surface area (Å²) in [4.78, 5) is 27.7. The maximum Gasteiger partial charge on any atom is 0.430 e. The normalized spacial score (nSPS) is 21.8. The van der Waals surface area contributed by atoms with Gasteiger partial charge in [0.1, 0.15) is 11.6 Å². The van der Waals surface area contributed by atoms with Crippen LogP contribution >= 0.6 is 0 Å². The van der Waals surface area contributed by atoms with Gasteiger partial charge in [0, 0.05) is 30.5 Å². The number of nitrogens with one attached hydrogen (secondary N) is 1. The lowest BCUT2D eigenvalue weighted by Crippen LogP contribution is -2.55. The van der Waals surface area contributed by atoms with Crippen LogP contribution < -0.4 is 5.32 Å². The van der Waals surface area contributed by atoms with E-state index in [4.69, 9.17) is 4.74 Å². The first-order chi connectivity index (χ1) is 17.8. The molecule has 0 aliphatic carbocycles. The standard InChI is InChI=1S/C24H22F6N2O6S/c1-21(9-10-38-21)20(34)32-12-13-11-16(39(2,36)37)7-8-17(13)18(32)19(33)31-15-5-3-14(4-6-15)22(35,23(25,26)27)24(28,29)30/h3-8,11,18,35H,9-10,12H2,1-2H3,(H,31,33)/t18-,21+/m1/s1. The van der Waals surface area contributed by atoms with Crippen LogP contribution in [0.4, 0.5) is 32.0 Å². The van der Waals surface area contributed by atoms with Gasteiger partial charge in [-0.3, -0.25) is 9.59 Å². The van der Waals surface area contributed by atoms with Gasteiger partial charge in [0.25, 0.3) is 17.4 Å². The van der Waals surface area contributed by atoms with Crippen LogP contribution in [0.15, 0.2) is 47.4 Å². The van der Waals surface area contributed by atoms with E-state index in [2.05, 4.69) is 5.32 Å². The van der Waals surface area contributed by atoms with Crippen LogP contribution in [0.2, 0.25) is 0 Å². The number of carbonyl (C=O) groups excluding carboxylic acids is 2. The SMILES string of the molecule is C[C@@]1(C(=O)N2Cc3cc(S(C)(=O)=O)ccc3[C@@H]2C(=O)Nc2ccc(C(O)(C(F)(F)F)C(F)(F)F)cc2)CCO1. The summed E-state index contributed by atoms with van der Waals surface area (Å²) in [7, 11) is -3.62. The second-order valence-corrected chi connectivity index (χ2v) is 11.6. The molecule has 2 N–H and O–H groups in total. The summed E-state index contributed by atoms with van der Waals surface area (Å²) in [6.07, 6.45) is -10.8. The first-order valence-electron chi connectivity index (χ1n) is 11.3. The van der Waals surface area contributed by atoms with Crippen LogP contribution in [-0.4, -0.2) is 61.1 Å². The summed E-state index contributed by atoms with van der Waals surface area (Å²) in [5.41, 5.74) is -7.42. The van der Waals surface area contributed by atoms with E-state index >= 15 is 0 Å². The molecule has 0 spiro atoms. The number of fused-ring (bicyclic) bond motifs is 1. The minimum Gasteiger partial charge on any atom is -0.369 e. The molecule has 1 saturated heterocycles. The average Bonchev–Trinajstić information content (AvgIpc) is 3.19. The third-order valence-electron chi connectivity index (χ3n) is 6.84. The molecule has 39 heavy (non-hydrogen) atoms. The van der Waals surface area contributed by atoms with E-state index in [0.717, 1.165) is 18.4 Å². The summed E-state index contributed by atoms with van der Waals surface area (Å²) in [6, 6.07) is 4.90. The van der Waals surface area contributed by atoms with Gasteiger partial charge < -0.3 is 20.1 Å². The zero-order valence-electron chi connectivity index (χ0n) is 20.4. The molecule has 0 saturated carbocycles. The Morgan fingerprint density at radius 1 is 1.05 bits per heavy atom. The van der Waals surface area contributed by atoms with Gasteiger partial charge in [-0.2, -0.15) is 26.3 Å². The maximum absolute atomic E-state index is 13.3. The van der Waals surface area contributed by atoms with Crippen molar-refractivity contribution in [3.63, 3.8) is 0 Å². The van der Waals surface area contributed by atoms with Gasteiger partial charge in [-0.25, -0.2) is 8.42 Å². The van der Waals surface area contributed by atoms with Crippen LogP contribution in [-0.2, 0) is 36.3 Å². The molecule has 212 valence electrons.